The molecule has 0 aliphatic rings. The maximum absolute atomic E-state index is 13.0. The molecule has 0 saturated carbocycles. The number of carbonyl (C=O) groups excluding carboxylic acids is 2. The SMILES string of the molecule is COc1ccc(NC(=O)C(OC(=O)c2cc(C)ccc2O)c2ccccc2)cc1Cl. The van der Waals surface area contributed by atoms with Crippen molar-refractivity contribution in [2.24, 2.45) is 0 Å². The highest BCUT2D eigenvalue weighted by atomic mass is 35.5. The molecule has 0 aliphatic heterocycles. The summed E-state index contributed by atoms with van der Waals surface area (Å²) in [4.78, 5) is 25.7. The molecule has 3 rings (SSSR count). The third-order valence-electron chi connectivity index (χ3n) is 4.36. The lowest BCUT2D eigenvalue weighted by molar-refractivity contribution is -0.125. The molecular weight excluding hydrogens is 406 g/mol. The number of hydrogen-bond donors (Lipinski definition) is 2. The van der Waals surface area contributed by atoms with E-state index in [4.69, 9.17) is 21.1 Å². The fourth-order valence-corrected chi connectivity index (χ4v) is 3.09. The average molecular weight is 426 g/mol. The van der Waals surface area contributed by atoms with Crippen LogP contribution in [0.4, 0.5) is 5.69 Å². The number of carbonyl (C=O) groups is 2. The van der Waals surface area contributed by atoms with E-state index in [1.54, 1.807) is 55.5 Å². The Labute approximate surface area is 179 Å². The molecule has 0 fully saturated rings. The zero-order valence-electron chi connectivity index (χ0n) is 16.4. The second-order valence-electron chi connectivity index (χ2n) is 6.56. The largest absolute Gasteiger partial charge is 0.507 e. The van der Waals surface area contributed by atoms with Gasteiger partial charge in [-0.2, -0.15) is 0 Å². The van der Waals surface area contributed by atoms with Gasteiger partial charge < -0.3 is 19.9 Å². The monoisotopic (exact) mass is 425 g/mol. The zero-order chi connectivity index (χ0) is 21.7. The summed E-state index contributed by atoms with van der Waals surface area (Å²) in [6.45, 7) is 1.78. The molecule has 0 radical (unpaired) electrons. The third kappa shape index (κ3) is 4.90. The van der Waals surface area contributed by atoms with Crippen LogP contribution in [-0.4, -0.2) is 24.1 Å². The van der Waals surface area contributed by atoms with Crippen LogP contribution in [0.15, 0.2) is 66.7 Å². The molecule has 1 amide bonds. The van der Waals surface area contributed by atoms with E-state index < -0.39 is 18.0 Å². The van der Waals surface area contributed by atoms with Gasteiger partial charge in [-0.1, -0.05) is 53.6 Å². The minimum Gasteiger partial charge on any atom is -0.507 e. The molecule has 154 valence electrons. The number of ether oxygens (including phenoxy) is 2. The molecular formula is C23H20ClNO5. The van der Waals surface area contributed by atoms with Gasteiger partial charge in [-0.15, -0.1) is 0 Å². The topological polar surface area (TPSA) is 84.9 Å². The highest BCUT2D eigenvalue weighted by molar-refractivity contribution is 6.32. The van der Waals surface area contributed by atoms with Crippen LogP contribution in [0.2, 0.25) is 5.02 Å². The van der Waals surface area contributed by atoms with E-state index in [1.165, 1.54) is 25.3 Å². The number of methoxy groups -OCH3 is 1. The minimum atomic E-state index is -1.24. The zero-order valence-corrected chi connectivity index (χ0v) is 17.1. The number of phenols is 1. The predicted molar refractivity (Wildman–Crippen MR) is 114 cm³/mol. The summed E-state index contributed by atoms with van der Waals surface area (Å²) in [6.07, 6.45) is -1.24. The molecule has 1 unspecified atom stereocenters. The van der Waals surface area contributed by atoms with Gasteiger partial charge in [-0.25, -0.2) is 4.79 Å². The number of nitrogens with one attached hydrogen (secondary N) is 1. The van der Waals surface area contributed by atoms with E-state index in [2.05, 4.69) is 5.32 Å². The highest BCUT2D eigenvalue weighted by Gasteiger charge is 2.27. The summed E-state index contributed by atoms with van der Waals surface area (Å²) in [6, 6.07) is 18.0. The van der Waals surface area contributed by atoms with E-state index in [0.29, 0.717) is 22.0 Å². The van der Waals surface area contributed by atoms with E-state index in [9.17, 15) is 14.7 Å². The van der Waals surface area contributed by atoms with Crippen LogP contribution in [0.3, 0.4) is 0 Å². The van der Waals surface area contributed by atoms with Crippen molar-refractivity contribution in [1.29, 1.82) is 0 Å². The number of rotatable bonds is 6. The molecule has 0 bridgehead atoms. The molecule has 1 atom stereocenters. The van der Waals surface area contributed by atoms with Gasteiger partial charge in [0.1, 0.15) is 17.1 Å². The number of hydrogen-bond acceptors (Lipinski definition) is 5. The van der Waals surface area contributed by atoms with Gasteiger partial charge in [0, 0.05) is 11.3 Å². The molecule has 3 aromatic rings. The number of esters is 1. The fraction of sp³-hybridized carbons (Fsp3) is 0.130. The molecule has 0 aromatic heterocycles. The standard InChI is InChI=1S/C23H20ClNO5/c1-14-8-10-19(26)17(12-14)23(28)30-21(15-6-4-3-5-7-15)22(27)25-16-9-11-20(29-2)18(24)13-16/h3-13,21,26H,1-2H3,(H,25,27). The summed E-state index contributed by atoms with van der Waals surface area (Å²) in [7, 11) is 1.49. The van der Waals surface area contributed by atoms with E-state index >= 15 is 0 Å². The van der Waals surface area contributed by atoms with Crippen LogP contribution in [-0.2, 0) is 9.53 Å². The van der Waals surface area contributed by atoms with E-state index in [0.717, 1.165) is 5.56 Å². The molecule has 3 aromatic carbocycles. The third-order valence-corrected chi connectivity index (χ3v) is 4.65. The first kappa shape index (κ1) is 21.2. The Kier molecular flexibility index (Phi) is 6.59. The van der Waals surface area contributed by atoms with Crippen molar-refractivity contribution >= 4 is 29.2 Å². The summed E-state index contributed by atoms with van der Waals surface area (Å²) in [5, 5.41) is 13.0. The molecule has 7 heteroatoms. The number of phenolic OH excluding ortho intramolecular Hbond substituents is 1. The van der Waals surface area contributed by atoms with Gasteiger partial charge in [-0.05, 0) is 37.3 Å². The van der Waals surface area contributed by atoms with Gasteiger partial charge in [0.2, 0.25) is 6.10 Å². The van der Waals surface area contributed by atoms with Crippen molar-refractivity contribution < 1.29 is 24.2 Å². The predicted octanol–water partition coefficient (Wildman–Crippen LogP) is 4.90. The molecule has 0 spiro atoms. The minimum absolute atomic E-state index is 0.0174. The van der Waals surface area contributed by atoms with Crippen molar-refractivity contribution in [2.45, 2.75) is 13.0 Å². The summed E-state index contributed by atoms with van der Waals surface area (Å²) in [5.41, 5.74) is 1.65. The van der Waals surface area contributed by atoms with Crippen LogP contribution in [0.1, 0.15) is 27.6 Å². The van der Waals surface area contributed by atoms with Crippen molar-refractivity contribution in [3.05, 3.63) is 88.4 Å². The number of anilines is 1. The fourth-order valence-electron chi connectivity index (χ4n) is 2.84. The van der Waals surface area contributed by atoms with E-state index in [-0.39, 0.29) is 11.3 Å². The summed E-state index contributed by atoms with van der Waals surface area (Å²) in [5.74, 6) is -1.13. The van der Waals surface area contributed by atoms with Gasteiger partial charge in [0.25, 0.3) is 5.91 Å². The first-order valence-electron chi connectivity index (χ1n) is 9.09. The van der Waals surface area contributed by atoms with Gasteiger partial charge in [-0.3, -0.25) is 4.79 Å². The van der Waals surface area contributed by atoms with Crippen molar-refractivity contribution in [2.75, 3.05) is 12.4 Å². The first-order valence-corrected chi connectivity index (χ1v) is 9.47. The first-order chi connectivity index (χ1) is 14.4. The lowest BCUT2D eigenvalue weighted by atomic mass is 10.1. The van der Waals surface area contributed by atoms with Crippen LogP contribution >= 0.6 is 11.6 Å². The molecule has 2 N–H and O–H groups in total. The molecule has 30 heavy (non-hydrogen) atoms. The molecule has 0 heterocycles. The van der Waals surface area contributed by atoms with E-state index in [1.807, 2.05) is 0 Å². The lowest BCUT2D eigenvalue weighted by Gasteiger charge is -2.19. The van der Waals surface area contributed by atoms with Gasteiger partial charge in [0.05, 0.1) is 12.1 Å². The highest BCUT2D eigenvalue weighted by Crippen LogP contribution is 2.29. The summed E-state index contributed by atoms with van der Waals surface area (Å²) < 4.78 is 10.6. The molecule has 0 saturated heterocycles. The van der Waals surface area contributed by atoms with Crippen LogP contribution in [0.5, 0.6) is 11.5 Å². The Morgan fingerprint density at radius 1 is 1.03 bits per heavy atom. The second kappa shape index (κ2) is 9.33. The van der Waals surface area contributed by atoms with Crippen molar-refractivity contribution in [1.82, 2.24) is 0 Å². The summed E-state index contributed by atoms with van der Waals surface area (Å²) >= 11 is 6.12. The lowest BCUT2D eigenvalue weighted by Crippen LogP contribution is -2.26. The molecule has 0 aliphatic carbocycles. The Morgan fingerprint density at radius 2 is 1.77 bits per heavy atom. The maximum Gasteiger partial charge on any atom is 0.343 e. The van der Waals surface area contributed by atoms with Crippen LogP contribution in [0, 0.1) is 6.92 Å². The maximum atomic E-state index is 13.0. The number of halogens is 1. The van der Waals surface area contributed by atoms with Gasteiger partial charge >= 0.3 is 5.97 Å². The smallest absolute Gasteiger partial charge is 0.343 e. The number of aromatic hydroxyl groups is 1. The Balaban J connectivity index is 1.87. The number of benzene rings is 3. The molecule has 6 nitrogen and oxygen atoms in total. The quantitative estimate of drug-likeness (QED) is 0.549. The Morgan fingerprint density at radius 3 is 2.43 bits per heavy atom. The van der Waals surface area contributed by atoms with Crippen LogP contribution < -0.4 is 10.1 Å². The Hall–Kier alpha value is -3.51. The average Bonchev–Trinajstić information content (AvgIpc) is 2.74. The second-order valence-corrected chi connectivity index (χ2v) is 6.96. The van der Waals surface area contributed by atoms with Crippen molar-refractivity contribution in [3.63, 3.8) is 0 Å². The number of aryl methyl sites for hydroxylation is 1. The number of amides is 1. The normalized spacial score (nSPS) is 11.4. The van der Waals surface area contributed by atoms with Gasteiger partial charge in [0.15, 0.2) is 0 Å². The van der Waals surface area contributed by atoms with Crippen molar-refractivity contribution in [3.8, 4) is 11.5 Å². The van der Waals surface area contributed by atoms with Crippen LogP contribution in [0.25, 0.3) is 0 Å². The Bertz CT molecular complexity index is 1070.